The van der Waals surface area contributed by atoms with Crippen molar-refractivity contribution in [1.82, 2.24) is 5.32 Å². The Balaban J connectivity index is 1.82. The van der Waals surface area contributed by atoms with Gasteiger partial charge in [0.25, 0.3) is 0 Å². The molecular weight excluding hydrogens is 262 g/mol. The van der Waals surface area contributed by atoms with Crippen LogP contribution in [0, 0.1) is 23.2 Å². The number of hydrogen-bond donors (Lipinski definition) is 1. The van der Waals surface area contributed by atoms with Crippen LogP contribution < -0.4 is 5.32 Å². The van der Waals surface area contributed by atoms with Crippen LogP contribution in [0.5, 0.6) is 0 Å². The van der Waals surface area contributed by atoms with Crippen molar-refractivity contribution in [1.29, 1.82) is 0 Å². The van der Waals surface area contributed by atoms with Crippen LogP contribution in [0.4, 0.5) is 0 Å². The van der Waals surface area contributed by atoms with E-state index in [0.29, 0.717) is 11.5 Å². The van der Waals surface area contributed by atoms with E-state index in [-0.39, 0.29) is 0 Å². The third-order valence-electron chi connectivity index (χ3n) is 5.53. The predicted molar refractivity (Wildman–Crippen MR) is 71.8 cm³/mol. The first-order chi connectivity index (χ1) is 7.63. The Labute approximate surface area is 108 Å². The Hall–Kier alpha value is 0.440. The molecule has 0 aromatic heterocycles. The van der Waals surface area contributed by atoms with E-state index in [1.54, 1.807) is 6.42 Å². The quantitative estimate of drug-likeness (QED) is 0.782. The zero-order valence-corrected chi connectivity index (χ0v) is 12.1. The molecule has 4 fully saturated rings. The summed E-state index contributed by atoms with van der Waals surface area (Å²) in [6.45, 7) is 2.35. The normalized spacial score (nSPS) is 51.9. The lowest BCUT2D eigenvalue weighted by molar-refractivity contribution is -0.0512. The van der Waals surface area contributed by atoms with Crippen LogP contribution in [0.3, 0.4) is 0 Å². The van der Waals surface area contributed by atoms with Gasteiger partial charge in [-0.25, -0.2) is 0 Å². The molecule has 6 atom stereocenters. The van der Waals surface area contributed by atoms with E-state index in [2.05, 4.69) is 35.2 Å². The first-order valence-electron chi connectivity index (χ1n) is 6.94. The second-order valence-corrected chi connectivity index (χ2v) is 7.75. The van der Waals surface area contributed by atoms with Crippen LogP contribution in [0.2, 0.25) is 0 Å². The average molecular weight is 286 g/mol. The van der Waals surface area contributed by atoms with Crippen LogP contribution in [0.15, 0.2) is 0 Å². The molecule has 4 rings (SSSR count). The predicted octanol–water partition coefficient (Wildman–Crippen LogP) is 3.57. The fourth-order valence-electron chi connectivity index (χ4n) is 5.14. The lowest BCUT2D eigenvalue weighted by atomic mass is 9.48. The Morgan fingerprint density at radius 3 is 2.44 bits per heavy atom. The fourth-order valence-corrected chi connectivity index (χ4v) is 6.13. The molecule has 2 heteroatoms. The summed E-state index contributed by atoms with van der Waals surface area (Å²) in [4.78, 5) is 0.809. The first kappa shape index (κ1) is 11.5. The van der Waals surface area contributed by atoms with E-state index >= 15 is 0 Å². The molecule has 4 saturated carbocycles. The number of hydrogen-bond acceptors (Lipinski definition) is 1. The number of nitrogens with one attached hydrogen (secondary N) is 1. The molecule has 0 heterocycles. The second-order valence-electron chi connectivity index (χ2n) is 6.77. The summed E-state index contributed by atoms with van der Waals surface area (Å²) in [5, 5.41) is 3.44. The van der Waals surface area contributed by atoms with Crippen LogP contribution in [-0.2, 0) is 0 Å². The molecule has 0 aromatic carbocycles. The van der Waals surface area contributed by atoms with Crippen LogP contribution in [0.25, 0.3) is 0 Å². The molecule has 0 spiro atoms. The van der Waals surface area contributed by atoms with Gasteiger partial charge >= 0.3 is 0 Å². The zero-order chi connectivity index (χ0) is 11.3. The highest BCUT2D eigenvalue weighted by atomic mass is 79.9. The van der Waals surface area contributed by atoms with Gasteiger partial charge in [-0.2, -0.15) is 0 Å². The average Bonchev–Trinajstić information content (AvgIpc) is 2.24. The van der Waals surface area contributed by atoms with Gasteiger partial charge in [0.05, 0.1) is 0 Å². The third-order valence-corrected chi connectivity index (χ3v) is 7.25. The number of rotatable bonds is 3. The Kier molecular flexibility index (Phi) is 2.87. The lowest BCUT2D eigenvalue weighted by Crippen LogP contribution is -2.55. The molecule has 4 aliphatic carbocycles. The van der Waals surface area contributed by atoms with E-state index in [1.807, 2.05) is 0 Å². The van der Waals surface area contributed by atoms with Crippen LogP contribution in [0.1, 0.15) is 45.4 Å². The van der Waals surface area contributed by atoms with Crippen molar-refractivity contribution in [2.24, 2.45) is 23.2 Å². The van der Waals surface area contributed by atoms with Crippen LogP contribution >= 0.6 is 15.9 Å². The fraction of sp³-hybridized carbons (Fsp3) is 1.00. The van der Waals surface area contributed by atoms with Gasteiger partial charge in [0.1, 0.15) is 0 Å². The topological polar surface area (TPSA) is 12.0 Å². The molecule has 1 nitrogen and oxygen atoms in total. The summed E-state index contributed by atoms with van der Waals surface area (Å²) < 4.78 is 0. The molecule has 0 radical (unpaired) electrons. The maximum absolute atomic E-state index is 4.07. The van der Waals surface area contributed by atoms with Gasteiger partial charge < -0.3 is 5.32 Å². The lowest BCUT2D eigenvalue weighted by Gasteiger charge is -2.60. The second kappa shape index (κ2) is 3.98. The SMILES string of the molecule is CN[C@H](C)CC12C[C@@H]3CC(C[C@@H](C3)C1)[C@@H]2Br. The molecule has 0 aromatic rings. The summed E-state index contributed by atoms with van der Waals surface area (Å²) in [5.41, 5.74) is 0.636. The molecular formula is C14H24BrN. The molecule has 0 amide bonds. The minimum Gasteiger partial charge on any atom is -0.317 e. The van der Waals surface area contributed by atoms with E-state index in [0.717, 1.165) is 22.6 Å². The molecule has 0 saturated heterocycles. The third kappa shape index (κ3) is 1.68. The first-order valence-corrected chi connectivity index (χ1v) is 7.86. The van der Waals surface area contributed by atoms with Crippen molar-refractivity contribution < 1.29 is 0 Å². The zero-order valence-electron chi connectivity index (χ0n) is 10.5. The summed E-state index contributed by atoms with van der Waals surface area (Å²) in [5.74, 6) is 3.13. The Morgan fingerprint density at radius 1 is 1.25 bits per heavy atom. The summed E-state index contributed by atoms with van der Waals surface area (Å²) in [6, 6.07) is 0.677. The van der Waals surface area contributed by atoms with Crippen molar-refractivity contribution in [2.45, 2.75) is 56.3 Å². The summed E-state index contributed by atoms with van der Waals surface area (Å²) >= 11 is 4.07. The van der Waals surface area contributed by atoms with Gasteiger partial charge in [0, 0.05) is 10.9 Å². The van der Waals surface area contributed by atoms with E-state index in [4.69, 9.17) is 0 Å². The van der Waals surface area contributed by atoms with Gasteiger partial charge in [-0.1, -0.05) is 15.9 Å². The highest BCUT2D eigenvalue weighted by Gasteiger charge is 2.56. The van der Waals surface area contributed by atoms with E-state index < -0.39 is 0 Å². The van der Waals surface area contributed by atoms with Crippen LogP contribution in [-0.4, -0.2) is 17.9 Å². The van der Waals surface area contributed by atoms with Gasteiger partial charge in [-0.15, -0.1) is 0 Å². The van der Waals surface area contributed by atoms with Crippen molar-refractivity contribution in [3.8, 4) is 0 Å². The Morgan fingerprint density at radius 2 is 1.88 bits per heavy atom. The standard InChI is InChI=1S/C14H24BrN/c1-9(16-2)6-14-7-10-3-11(8-14)5-12(4-10)13(14)15/h9-13,16H,3-8H2,1-2H3/t9-,10-,11+,12?,13+,14?/m1/s1. The highest BCUT2D eigenvalue weighted by Crippen LogP contribution is 2.63. The molecule has 92 valence electrons. The van der Waals surface area contributed by atoms with Crippen molar-refractivity contribution in [2.75, 3.05) is 7.05 Å². The number of halogens is 1. The molecule has 4 bridgehead atoms. The van der Waals surface area contributed by atoms with Gasteiger partial charge in [-0.3, -0.25) is 0 Å². The maximum Gasteiger partial charge on any atom is 0.0231 e. The van der Waals surface area contributed by atoms with E-state index in [1.165, 1.54) is 32.1 Å². The monoisotopic (exact) mass is 285 g/mol. The van der Waals surface area contributed by atoms with Gasteiger partial charge in [0.2, 0.25) is 0 Å². The molecule has 2 unspecified atom stereocenters. The van der Waals surface area contributed by atoms with E-state index in [9.17, 15) is 0 Å². The number of alkyl halides is 1. The van der Waals surface area contributed by atoms with Crippen molar-refractivity contribution >= 4 is 15.9 Å². The van der Waals surface area contributed by atoms with Gasteiger partial charge in [0.15, 0.2) is 0 Å². The minimum atomic E-state index is 0.636. The largest absolute Gasteiger partial charge is 0.317 e. The molecule has 0 aliphatic heterocycles. The highest BCUT2D eigenvalue weighted by molar-refractivity contribution is 9.09. The minimum absolute atomic E-state index is 0.636. The van der Waals surface area contributed by atoms with Crippen molar-refractivity contribution in [3.05, 3.63) is 0 Å². The summed E-state index contributed by atoms with van der Waals surface area (Å²) in [7, 11) is 2.11. The smallest absolute Gasteiger partial charge is 0.0231 e. The molecule has 16 heavy (non-hydrogen) atoms. The molecule has 4 aliphatic rings. The molecule has 1 N–H and O–H groups in total. The van der Waals surface area contributed by atoms with Crippen molar-refractivity contribution in [3.63, 3.8) is 0 Å². The maximum atomic E-state index is 4.07. The van der Waals surface area contributed by atoms with Gasteiger partial charge in [-0.05, 0) is 75.7 Å². The Bertz CT molecular complexity index is 264. The summed E-state index contributed by atoms with van der Waals surface area (Å²) in [6.07, 6.45) is 8.96.